The van der Waals surface area contributed by atoms with Crippen LogP contribution in [0.3, 0.4) is 0 Å². The summed E-state index contributed by atoms with van der Waals surface area (Å²) >= 11 is 0. The molecule has 164 valence electrons. The molecule has 6 nitrogen and oxygen atoms in total. The molecule has 1 amide bonds. The van der Waals surface area contributed by atoms with Gasteiger partial charge in [0.1, 0.15) is 11.3 Å². The van der Waals surface area contributed by atoms with Gasteiger partial charge < -0.3 is 20.7 Å². The molecule has 1 aromatic carbocycles. The lowest BCUT2D eigenvalue weighted by Gasteiger charge is -2.55. The third-order valence-corrected chi connectivity index (χ3v) is 8.07. The molecule has 0 radical (unpaired) electrons. The summed E-state index contributed by atoms with van der Waals surface area (Å²) in [7, 11) is 0. The number of pyridine rings is 1. The summed E-state index contributed by atoms with van der Waals surface area (Å²) in [4.78, 5) is 29.9. The number of nitrogens with one attached hydrogen (secondary N) is 1. The van der Waals surface area contributed by atoms with E-state index in [1.807, 2.05) is 12.1 Å². The van der Waals surface area contributed by atoms with Crippen LogP contribution < -0.4 is 11.3 Å². The van der Waals surface area contributed by atoms with Crippen molar-refractivity contribution in [2.45, 2.75) is 57.4 Å². The fraction of sp³-hybridized carbons (Fsp3) is 0.520. The standard InChI is InChI=1S/C25H31N3O3/c1-14-3-6-18(29)11-20(14)25-7-8-28(13-16-4-5-16)15(2)21(25)10-17-9-19(23(26)30)24(31)27-22(17)12-25/h3,6,9,11,15-16,21,29H,4-5,7-8,10,12-13H2,1-2H3,(H2,26,30)(H,27,31)/t15-,21+,25-/m1/s1. The zero-order valence-corrected chi connectivity index (χ0v) is 18.3. The van der Waals surface area contributed by atoms with Crippen LogP contribution >= 0.6 is 0 Å². The maximum absolute atomic E-state index is 12.5. The highest BCUT2D eigenvalue weighted by Gasteiger charge is 2.51. The minimum Gasteiger partial charge on any atom is -0.508 e. The van der Waals surface area contributed by atoms with Crippen molar-refractivity contribution in [2.75, 3.05) is 13.1 Å². The minimum absolute atomic E-state index is 0.0399. The summed E-state index contributed by atoms with van der Waals surface area (Å²) in [6, 6.07) is 7.74. The smallest absolute Gasteiger partial charge is 0.261 e. The van der Waals surface area contributed by atoms with Gasteiger partial charge in [-0.3, -0.25) is 9.59 Å². The van der Waals surface area contributed by atoms with E-state index >= 15 is 0 Å². The monoisotopic (exact) mass is 421 g/mol. The van der Waals surface area contributed by atoms with Crippen LogP contribution in [0.4, 0.5) is 0 Å². The van der Waals surface area contributed by atoms with Crippen molar-refractivity contribution in [3.8, 4) is 5.75 Å². The van der Waals surface area contributed by atoms with Crippen LogP contribution in [-0.2, 0) is 18.3 Å². The number of amides is 1. The number of benzene rings is 1. The van der Waals surface area contributed by atoms with Crippen LogP contribution in [0.1, 0.15) is 58.9 Å². The molecular formula is C25H31N3O3. The Morgan fingerprint density at radius 1 is 1.32 bits per heavy atom. The van der Waals surface area contributed by atoms with E-state index < -0.39 is 11.5 Å². The average Bonchev–Trinajstić information content (AvgIpc) is 3.54. The highest BCUT2D eigenvalue weighted by atomic mass is 16.3. The van der Waals surface area contributed by atoms with Gasteiger partial charge in [-0.25, -0.2) is 0 Å². The summed E-state index contributed by atoms with van der Waals surface area (Å²) in [5.74, 6) is 0.743. The van der Waals surface area contributed by atoms with Crippen LogP contribution in [0.25, 0.3) is 0 Å². The van der Waals surface area contributed by atoms with E-state index in [1.165, 1.54) is 24.0 Å². The van der Waals surface area contributed by atoms with E-state index in [2.05, 4.69) is 23.7 Å². The van der Waals surface area contributed by atoms with E-state index in [4.69, 9.17) is 5.73 Å². The number of hydrogen-bond donors (Lipinski definition) is 3. The first-order chi connectivity index (χ1) is 14.8. The number of phenols is 1. The number of primary amides is 1. The number of aromatic nitrogens is 1. The van der Waals surface area contributed by atoms with Gasteiger partial charge in [0.15, 0.2) is 0 Å². The molecule has 1 aromatic heterocycles. The number of aromatic amines is 1. The highest BCUT2D eigenvalue weighted by molar-refractivity contribution is 5.92. The Hall–Kier alpha value is -2.60. The molecule has 4 N–H and O–H groups in total. The van der Waals surface area contributed by atoms with Gasteiger partial charge >= 0.3 is 0 Å². The van der Waals surface area contributed by atoms with Crippen molar-refractivity contribution in [2.24, 2.45) is 17.6 Å². The molecule has 3 atom stereocenters. The van der Waals surface area contributed by atoms with E-state index in [0.717, 1.165) is 43.1 Å². The lowest BCUT2D eigenvalue weighted by atomic mass is 9.55. The second-order valence-corrected chi connectivity index (χ2v) is 9.95. The zero-order chi connectivity index (χ0) is 21.9. The van der Waals surface area contributed by atoms with Gasteiger partial charge in [0, 0.05) is 23.7 Å². The summed E-state index contributed by atoms with van der Waals surface area (Å²) in [5.41, 5.74) is 9.19. The largest absolute Gasteiger partial charge is 0.508 e. The number of nitrogens with zero attached hydrogens (tertiary/aromatic N) is 1. The lowest BCUT2D eigenvalue weighted by molar-refractivity contribution is 0.0246. The number of fused-ring (bicyclic) bond motifs is 2. The molecule has 2 aromatic rings. The zero-order valence-electron chi connectivity index (χ0n) is 18.3. The van der Waals surface area contributed by atoms with Crippen molar-refractivity contribution in [1.29, 1.82) is 0 Å². The molecule has 2 fully saturated rings. The first-order valence-corrected chi connectivity index (χ1v) is 11.4. The van der Waals surface area contributed by atoms with Crippen molar-refractivity contribution < 1.29 is 9.90 Å². The molecule has 2 aliphatic carbocycles. The Kier molecular flexibility index (Phi) is 4.74. The number of likely N-dealkylation sites (tertiary alicyclic amines) is 1. The Bertz CT molecular complexity index is 1100. The van der Waals surface area contributed by atoms with E-state index in [0.29, 0.717) is 18.4 Å². The number of aryl methyl sites for hydroxylation is 1. The number of aromatic hydroxyl groups is 1. The Morgan fingerprint density at radius 2 is 2.10 bits per heavy atom. The van der Waals surface area contributed by atoms with Gasteiger partial charge in [-0.05, 0) is 99.2 Å². The number of piperidine rings is 1. The fourth-order valence-corrected chi connectivity index (χ4v) is 6.19. The molecule has 1 saturated heterocycles. The normalized spacial score (nSPS) is 28.1. The SMILES string of the molecule is Cc1ccc(O)cc1[C@]12CCN(CC3CC3)[C@H](C)[C@@H]1Cc1cc(C(N)=O)c(=O)[nH]c1C2. The highest BCUT2D eigenvalue weighted by Crippen LogP contribution is 2.51. The molecule has 31 heavy (non-hydrogen) atoms. The maximum Gasteiger partial charge on any atom is 0.261 e. The number of H-pyrrole nitrogens is 1. The van der Waals surface area contributed by atoms with Crippen LogP contribution in [-0.4, -0.2) is 40.0 Å². The van der Waals surface area contributed by atoms with E-state index in [9.17, 15) is 14.7 Å². The second-order valence-electron chi connectivity index (χ2n) is 9.95. The molecule has 0 bridgehead atoms. The number of hydrogen-bond acceptors (Lipinski definition) is 4. The van der Waals surface area contributed by atoms with Gasteiger partial charge in [-0.1, -0.05) is 6.07 Å². The summed E-state index contributed by atoms with van der Waals surface area (Å²) in [5, 5.41) is 10.3. The van der Waals surface area contributed by atoms with Crippen LogP contribution in [0, 0.1) is 18.8 Å². The number of rotatable bonds is 4. The molecular weight excluding hydrogens is 390 g/mol. The van der Waals surface area contributed by atoms with E-state index in [1.54, 1.807) is 12.1 Å². The first-order valence-electron chi connectivity index (χ1n) is 11.4. The van der Waals surface area contributed by atoms with Gasteiger partial charge in [-0.2, -0.15) is 0 Å². The third-order valence-electron chi connectivity index (χ3n) is 8.07. The van der Waals surface area contributed by atoms with Crippen LogP contribution in [0.5, 0.6) is 5.75 Å². The molecule has 3 aliphatic rings. The summed E-state index contributed by atoms with van der Waals surface area (Å²) in [6.45, 7) is 6.60. The molecule has 2 heterocycles. The molecule has 6 heteroatoms. The molecule has 1 aliphatic heterocycles. The van der Waals surface area contributed by atoms with Crippen molar-refractivity contribution >= 4 is 5.91 Å². The number of carbonyl (C=O) groups excluding carboxylic acids is 1. The first kappa shape index (κ1) is 20.3. The number of carbonyl (C=O) groups is 1. The van der Waals surface area contributed by atoms with Crippen molar-refractivity contribution in [3.05, 3.63) is 62.6 Å². The molecule has 5 rings (SSSR count). The Balaban J connectivity index is 1.63. The predicted octanol–water partition coefficient (Wildman–Crippen LogP) is 2.64. The fourth-order valence-electron chi connectivity index (χ4n) is 6.19. The third kappa shape index (κ3) is 3.37. The summed E-state index contributed by atoms with van der Waals surface area (Å²) in [6.07, 6.45) is 5.13. The maximum atomic E-state index is 12.5. The molecule has 1 saturated carbocycles. The van der Waals surface area contributed by atoms with Gasteiger partial charge in [0.2, 0.25) is 0 Å². The minimum atomic E-state index is -0.684. The Morgan fingerprint density at radius 3 is 2.81 bits per heavy atom. The molecule has 0 unspecified atom stereocenters. The second kappa shape index (κ2) is 7.23. The predicted molar refractivity (Wildman–Crippen MR) is 119 cm³/mol. The van der Waals surface area contributed by atoms with Crippen LogP contribution in [0.15, 0.2) is 29.1 Å². The number of phenolic OH excluding ortho intramolecular Hbond substituents is 1. The topological polar surface area (TPSA) is 99.4 Å². The molecule has 0 spiro atoms. The van der Waals surface area contributed by atoms with E-state index in [-0.39, 0.29) is 16.7 Å². The number of nitrogens with two attached hydrogens (primary N) is 1. The summed E-state index contributed by atoms with van der Waals surface area (Å²) < 4.78 is 0. The van der Waals surface area contributed by atoms with Crippen molar-refractivity contribution in [1.82, 2.24) is 9.88 Å². The lowest BCUT2D eigenvalue weighted by Crippen LogP contribution is -2.59. The quantitative estimate of drug-likeness (QED) is 0.707. The van der Waals surface area contributed by atoms with Crippen LogP contribution in [0.2, 0.25) is 0 Å². The Labute approximate surface area is 182 Å². The van der Waals surface area contributed by atoms with Gasteiger partial charge in [0.25, 0.3) is 11.5 Å². The van der Waals surface area contributed by atoms with Gasteiger partial charge in [-0.15, -0.1) is 0 Å². The van der Waals surface area contributed by atoms with Gasteiger partial charge in [0.05, 0.1) is 0 Å². The average molecular weight is 422 g/mol. The van der Waals surface area contributed by atoms with Crippen molar-refractivity contribution in [3.63, 3.8) is 0 Å².